The Morgan fingerprint density at radius 3 is 2.55 bits per heavy atom. The largest absolute Gasteiger partial charge is 0.339 e. The van der Waals surface area contributed by atoms with Crippen molar-refractivity contribution in [3.63, 3.8) is 0 Å². The Hall–Kier alpha value is -4.01. The Morgan fingerprint density at radius 1 is 1.12 bits per heavy atom. The van der Waals surface area contributed by atoms with Crippen molar-refractivity contribution in [3.05, 3.63) is 65.8 Å². The van der Waals surface area contributed by atoms with Gasteiger partial charge in [0.2, 0.25) is 17.7 Å². The summed E-state index contributed by atoms with van der Waals surface area (Å²) < 4.78 is 5.21. The first-order valence-electron chi connectivity index (χ1n) is 10.6. The maximum atomic E-state index is 13.0. The molecule has 1 aliphatic heterocycles. The summed E-state index contributed by atoms with van der Waals surface area (Å²) in [7, 11) is 0. The predicted molar refractivity (Wildman–Crippen MR) is 123 cm³/mol. The average molecular weight is 447 g/mol. The number of para-hydroxylation sites is 2. The molecule has 0 bridgehead atoms. The first kappa shape index (κ1) is 22.2. The highest BCUT2D eigenvalue weighted by Gasteiger charge is 2.27. The van der Waals surface area contributed by atoms with Crippen molar-refractivity contribution in [2.45, 2.75) is 39.0 Å². The van der Waals surface area contributed by atoms with Gasteiger partial charge in [0.1, 0.15) is 6.54 Å². The fraction of sp³-hybridized carbons (Fsp3) is 0.292. The summed E-state index contributed by atoms with van der Waals surface area (Å²) in [5.74, 6) is 0.281. The molecule has 0 spiro atoms. The molecular formula is C24H25N5O4. The van der Waals surface area contributed by atoms with E-state index in [2.05, 4.69) is 20.8 Å². The third-order valence-corrected chi connectivity index (χ3v) is 5.14. The van der Waals surface area contributed by atoms with E-state index in [4.69, 9.17) is 4.52 Å². The van der Waals surface area contributed by atoms with Crippen LogP contribution in [-0.4, -0.2) is 34.4 Å². The van der Waals surface area contributed by atoms with Gasteiger partial charge < -0.3 is 15.2 Å². The molecule has 0 unspecified atom stereocenters. The Bertz CT molecular complexity index is 1190. The van der Waals surface area contributed by atoms with Gasteiger partial charge in [-0.1, -0.05) is 38.1 Å². The fourth-order valence-corrected chi connectivity index (χ4v) is 3.37. The van der Waals surface area contributed by atoms with Crippen molar-refractivity contribution < 1.29 is 18.9 Å². The number of aryl methyl sites for hydroxylation is 1. The van der Waals surface area contributed by atoms with Crippen molar-refractivity contribution in [2.75, 3.05) is 22.1 Å². The SMILES string of the molecule is CC(C)(C)c1noc(CCC(=O)Nc2ccc(C(=O)N3CC(=O)Nc4ccccc43)cc2)n1. The lowest BCUT2D eigenvalue weighted by Gasteiger charge is -2.29. The number of hydrogen-bond acceptors (Lipinski definition) is 6. The van der Waals surface area contributed by atoms with Gasteiger partial charge in [-0.05, 0) is 36.4 Å². The van der Waals surface area contributed by atoms with Crippen LogP contribution in [0.4, 0.5) is 17.1 Å². The average Bonchev–Trinajstić information content (AvgIpc) is 3.27. The lowest BCUT2D eigenvalue weighted by Crippen LogP contribution is -2.42. The molecule has 0 radical (unpaired) electrons. The number of carbonyl (C=O) groups is 3. The molecule has 3 amide bonds. The van der Waals surface area contributed by atoms with Gasteiger partial charge in [0.15, 0.2) is 5.82 Å². The van der Waals surface area contributed by atoms with E-state index in [0.717, 1.165) is 0 Å². The summed E-state index contributed by atoms with van der Waals surface area (Å²) in [5, 5.41) is 9.52. The van der Waals surface area contributed by atoms with E-state index in [1.54, 1.807) is 42.5 Å². The zero-order valence-corrected chi connectivity index (χ0v) is 18.7. The van der Waals surface area contributed by atoms with Gasteiger partial charge in [-0.25, -0.2) is 0 Å². The van der Waals surface area contributed by atoms with E-state index < -0.39 is 0 Å². The third kappa shape index (κ3) is 5.08. The standard InChI is InChI=1S/C24H25N5O4/c1-24(2,3)23-27-21(33-28-23)13-12-19(30)25-16-10-8-15(9-11-16)22(32)29-14-20(31)26-17-6-4-5-7-18(17)29/h4-11H,12-14H2,1-3H3,(H,25,30)(H,26,31). The maximum Gasteiger partial charge on any atom is 0.258 e. The van der Waals surface area contributed by atoms with Crippen LogP contribution in [0.5, 0.6) is 0 Å². The van der Waals surface area contributed by atoms with E-state index in [9.17, 15) is 14.4 Å². The van der Waals surface area contributed by atoms with Gasteiger partial charge in [-0.15, -0.1) is 0 Å². The van der Waals surface area contributed by atoms with Gasteiger partial charge in [0.25, 0.3) is 5.91 Å². The normalized spacial score (nSPS) is 13.3. The van der Waals surface area contributed by atoms with Crippen molar-refractivity contribution >= 4 is 34.8 Å². The Labute approximate surface area is 191 Å². The van der Waals surface area contributed by atoms with Crippen LogP contribution in [0.2, 0.25) is 0 Å². The van der Waals surface area contributed by atoms with Gasteiger partial charge in [-0.2, -0.15) is 4.98 Å². The number of aromatic nitrogens is 2. The first-order valence-corrected chi connectivity index (χ1v) is 10.6. The number of hydrogen-bond donors (Lipinski definition) is 2. The van der Waals surface area contributed by atoms with Crippen LogP contribution < -0.4 is 15.5 Å². The highest BCUT2D eigenvalue weighted by atomic mass is 16.5. The van der Waals surface area contributed by atoms with E-state index in [-0.39, 0.29) is 36.1 Å². The number of benzene rings is 2. The van der Waals surface area contributed by atoms with E-state index >= 15 is 0 Å². The van der Waals surface area contributed by atoms with Crippen LogP contribution in [0.25, 0.3) is 0 Å². The van der Waals surface area contributed by atoms with E-state index in [1.165, 1.54) is 4.90 Å². The second kappa shape index (κ2) is 8.85. The lowest BCUT2D eigenvalue weighted by molar-refractivity contribution is -0.116. The second-order valence-corrected chi connectivity index (χ2v) is 8.84. The molecule has 1 aromatic heterocycles. The molecule has 9 heteroatoms. The predicted octanol–water partition coefficient (Wildman–Crippen LogP) is 3.54. The Morgan fingerprint density at radius 2 is 1.85 bits per heavy atom. The zero-order chi connectivity index (χ0) is 23.6. The number of nitrogens with zero attached hydrogens (tertiary/aromatic N) is 3. The fourth-order valence-electron chi connectivity index (χ4n) is 3.37. The number of nitrogens with one attached hydrogen (secondary N) is 2. The topological polar surface area (TPSA) is 117 Å². The molecule has 0 aliphatic carbocycles. The summed E-state index contributed by atoms with van der Waals surface area (Å²) >= 11 is 0. The minimum absolute atomic E-state index is 0.0546. The molecule has 2 heterocycles. The molecule has 2 N–H and O–H groups in total. The van der Waals surface area contributed by atoms with Gasteiger partial charge >= 0.3 is 0 Å². The monoisotopic (exact) mass is 447 g/mol. The minimum atomic E-state index is -0.291. The molecule has 2 aromatic carbocycles. The summed E-state index contributed by atoms with van der Waals surface area (Å²) in [6, 6.07) is 13.7. The highest BCUT2D eigenvalue weighted by molar-refractivity contribution is 6.15. The van der Waals surface area contributed by atoms with Crippen molar-refractivity contribution in [1.29, 1.82) is 0 Å². The number of anilines is 3. The maximum absolute atomic E-state index is 13.0. The molecule has 4 rings (SSSR count). The van der Waals surface area contributed by atoms with Crippen LogP contribution >= 0.6 is 0 Å². The molecule has 33 heavy (non-hydrogen) atoms. The Balaban J connectivity index is 1.36. The van der Waals surface area contributed by atoms with E-state index in [1.807, 2.05) is 26.8 Å². The van der Waals surface area contributed by atoms with Crippen LogP contribution in [0.15, 0.2) is 53.1 Å². The van der Waals surface area contributed by atoms with Crippen molar-refractivity contribution in [2.24, 2.45) is 0 Å². The highest BCUT2D eigenvalue weighted by Crippen LogP contribution is 2.30. The lowest BCUT2D eigenvalue weighted by atomic mass is 9.96. The molecule has 0 saturated heterocycles. The molecule has 0 fully saturated rings. The zero-order valence-electron chi connectivity index (χ0n) is 18.7. The molecule has 9 nitrogen and oxygen atoms in total. The quantitative estimate of drug-likeness (QED) is 0.618. The summed E-state index contributed by atoms with van der Waals surface area (Å²) in [4.78, 5) is 43.1. The molecule has 3 aromatic rings. The van der Waals surface area contributed by atoms with Crippen LogP contribution in [-0.2, 0) is 21.4 Å². The number of amides is 3. The number of rotatable bonds is 5. The number of carbonyl (C=O) groups excluding carboxylic acids is 3. The smallest absolute Gasteiger partial charge is 0.258 e. The minimum Gasteiger partial charge on any atom is -0.339 e. The van der Waals surface area contributed by atoms with Gasteiger partial charge in [0, 0.05) is 29.5 Å². The Kier molecular flexibility index (Phi) is 5.95. The molecule has 0 saturated carbocycles. The first-order chi connectivity index (χ1) is 15.7. The molecule has 1 aliphatic rings. The summed E-state index contributed by atoms with van der Waals surface area (Å²) in [5.41, 5.74) is 2.01. The molecule has 0 atom stereocenters. The van der Waals surface area contributed by atoms with E-state index in [0.29, 0.717) is 40.8 Å². The second-order valence-electron chi connectivity index (χ2n) is 8.84. The van der Waals surface area contributed by atoms with Crippen LogP contribution in [0.1, 0.15) is 49.3 Å². The number of fused-ring (bicyclic) bond motifs is 1. The molecular weight excluding hydrogens is 422 g/mol. The van der Waals surface area contributed by atoms with Crippen molar-refractivity contribution in [3.8, 4) is 0 Å². The summed E-state index contributed by atoms with van der Waals surface area (Å²) in [6.45, 7) is 5.91. The van der Waals surface area contributed by atoms with Crippen LogP contribution in [0.3, 0.4) is 0 Å². The van der Waals surface area contributed by atoms with Crippen LogP contribution in [0, 0.1) is 0 Å². The van der Waals surface area contributed by atoms with Gasteiger partial charge in [-0.3, -0.25) is 19.3 Å². The molecule has 170 valence electrons. The van der Waals surface area contributed by atoms with Gasteiger partial charge in [0.05, 0.1) is 11.4 Å². The summed E-state index contributed by atoms with van der Waals surface area (Å²) in [6.07, 6.45) is 0.522. The van der Waals surface area contributed by atoms with Crippen molar-refractivity contribution in [1.82, 2.24) is 10.1 Å². The third-order valence-electron chi connectivity index (χ3n) is 5.14.